The first-order chi connectivity index (χ1) is 26.5. The summed E-state index contributed by atoms with van der Waals surface area (Å²) in [5, 5.41) is 62.7. The van der Waals surface area contributed by atoms with Crippen LogP contribution in [0, 0.1) is 40.9 Å². The van der Waals surface area contributed by atoms with Crippen LogP contribution < -0.4 is 0 Å². The molecule has 320 valence electrons. The topological polar surface area (TPSA) is 169 Å². The fraction of sp³-hybridized carbons (Fsp3) is 1.00. The van der Waals surface area contributed by atoms with Gasteiger partial charge in [-0.05, 0) is 60.2 Å². The molecule has 6 N–H and O–H groups in total. The van der Waals surface area contributed by atoms with E-state index >= 15 is 0 Å². The summed E-state index contributed by atoms with van der Waals surface area (Å²) < 4.78 is 30.1. The second kappa shape index (κ2) is 19.7. The summed E-state index contributed by atoms with van der Waals surface area (Å²) in [7, 11) is -2.74. The summed E-state index contributed by atoms with van der Waals surface area (Å²) in [5.74, 6) is 6.86. The Balaban J connectivity index is 0.875. The average Bonchev–Trinajstić information content (AvgIpc) is 3.16. The van der Waals surface area contributed by atoms with E-state index in [0.29, 0.717) is 16.5 Å². The van der Waals surface area contributed by atoms with Gasteiger partial charge >= 0.3 is 0 Å². The third-order valence-corrected chi connectivity index (χ3v) is 18.6. The zero-order valence-corrected chi connectivity index (χ0v) is 36.3. The molecule has 0 bridgehead atoms. The van der Waals surface area contributed by atoms with Crippen molar-refractivity contribution in [3.05, 3.63) is 0 Å². The predicted octanol–water partition coefficient (Wildman–Crippen LogP) is 6.48. The van der Waals surface area contributed by atoms with E-state index in [0.717, 1.165) is 85.9 Å². The Morgan fingerprint density at radius 3 is 1.82 bits per heavy atom. The van der Waals surface area contributed by atoms with E-state index in [1.54, 1.807) is 6.26 Å². The number of rotatable bonds is 31. The quantitative estimate of drug-likeness (QED) is 0.0338. The zero-order valence-electron chi connectivity index (χ0n) is 33.9. The molecule has 1 aliphatic heterocycles. The van der Waals surface area contributed by atoms with Crippen molar-refractivity contribution < 1.29 is 44.3 Å². The van der Waals surface area contributed by atoms with Crippen LogP contribution in [0.25, 0.3) is 0 Å². The number of ether oxygens (including phenoxy) is 2. The fourth-order valence-electron chi connectivity index (χ4n) is 12.6. The van der Waals surface area contributed by atoms with Gasteiger partial charge in [-0.15, -0.1) is 0 Å². The summed E-state index contributed by atoms with van der Waals surface area (Å²) >= 11 is 4.12. The highest BCUT2D eigenvalue weighted by atomic mass is 79.9. The number of hydrogen-bond donors (Lipinski definition) is 6. The van der Waals surface area contributed by atoms with Crippen molar-refractivity contribution in [2.24, 2.45) is 45.3 Å². The second-order valence-corrected chi connectivity index (χ2v) is 22.7. The molecule has 0 aromatic carbocycles. The lowest BCUT2D eigenvalue weighted by atomic mass is 8.96. The van der Waals surface area contributed by atoms with Gasteiger partial charge in [-0.2, -0.15) is 0 Å². The molecule has 7 aliphatic rings. The fourth-order valence-corrected chi connectivity index (χ4v) is 16.3. The Hall–Kier alpha value is 0.110. The van der Waals surface area contributed by atoms with E-state index in [-0.39, 0.29) is 6.61 Å². The van der Waals surface area contributed by atoms with Crippen molar-refractivity contribution in [3.63, 3.8) is 0 Å². The van der Waals surface area contributed by atoms with E-state index < -0.39 is 65.3 Å². The summed E-state index contributed by atoms with van der Waals surface area (Å²) in [4.78, 5) is 0. The molecule has 10 nitrogen and oxygen atoms in total. The van der Waals surface area contributed by atoms with Crippen molar-refractivity contribution in [3.8, 4) is 0 Å². The summed E-state index contributed by atoms with van der Waals surface area (Å²) in [6.07, 6.45) is 17.2. The lowest BCUT2D eigenvalue weighted by Gasteiger charge is -3.11. The Morgan fingerprint density at radius 2 is 1.27 bits per heavy atom. The molecule has 0 amide bonds. The van der Waals surface area contributed by atoms with Crippen LogP contribution in [0.15, 0.2) is 4.36 Å². The van der Waals surface area contributed by atoms with Gasteiger partial charge in [0.05, 0.1) is 19.3 Å². The molecule has 7 fully saturated rings. The van der Waals surface area contributed by atoms with Gasteiger partial charge in [0.1, 0.15) is 36.6 Å². The van der Waals surface area contributed by atoms with Gasteiger partial charge in [0.2, 0.25) is 0 Å². The molecule has 12 heteroatoms. The Morgan fingerprint density at radius 1 is 0.745 bits per heavy atom. The number of unbranched alkanes of at least 4 members (excludes halogenated alkanes) is 18. The predicted molar refractivity (Wildman–Crippen MR) is 219 cm³/mol. The molecule has 6 aliphatic carbocycles. The van der Waals surface area contributed by atoms with Gasteiger partial charge < -0.3 is 40.1 Å². The molecule has 13 atom stereocenters. The molecule has 0 aromatic heterocycles. The van der Waals surface area contributed by atoms with Gasteiger partial charge in [-0.3, -0.25) is 4.21 Å². The largest absolute Gasteiger partial charge is 0.394 e. The lowest BCUT2D eigenvalue weighted by Crippen LogP contribution is -3.11. The van der Waals surface area contributed by atoms with Gasteiger partial charge in [0.15, 0.2) is 6.29 Å². The molecule has 1 saturated heterocycles. The maximum absolute atomic E-state index is 13.7. The zero-order chi connectivity index (χ0) is 39.4. The van der Waals surface area contributed by atoms with Crippen LogP contribution >= 0.6 is 15.9 Å². The third kappa shape index (κ3) is 8.81. The van der Waals surface area contributed by atoms with Crippen LogP contribution in [-0.2, 0) is 19.2 Å². The van der Waals surface area contributed by atoms with Gasteiger partial charge in [0, 0.05) is 26.1 Å². The summed E-state index contributed by atoms with van der Waals surface area (Å²) in [5.41, 5.74) is 0.775. The molecular formula is C43H76BrNO9S. The van der Waals surface area contributed by atoms with E-state index in [4.69, 9.17) is 9.47 Å². The smallest absolute Gasteiger partial charge is 0.186 e. The molecule has 55 heavy (non-hydrogen) atoms. The van der Waals surface area contributed by atoms with E-state index in [1.165, 1.54) is 89.9 Å². The van der Waals surface area contributed by atoms with Gasteiger partial charge in [0.25, 0.3) is 0 Å². The van der Waals surface area contributed by atoms with Gasteiger partial charge in [-0.25, -0.2) is 4.36 Å². The molecule has 0 radical (unpaired) electrons. The van der Waals surface area contributed by atoms with E-state index in [2.05, 4.69) is 27.2 Å². The van der Waals surface area contributed by atoms with Crippen LogP contribution in [0.2, 0.25) is 0 Å². The van der Waals surface area contributed by atoms with Crippen LogP contribution in [0.3, 0.4) is 0 Å². The van der Waals surface area contributed by atoms with Crippen molar-refractivity contribution in [1.29, 1.82) is 0 Å². The maximum Gasteiger partial charge on any atom is 0.186 e. The standard InChI is InChI=1S/C43H76BrNO9S/c1-3-4-5-6-7-8-9-10-11-14-17-20-23-29(47)35(48)28(27-53-41-38(51)37(50)36(49)30(26-46)54-41)45-55(2,52)25-22-19-16-13-12-15-18-21-24-42-33-31-34-32(33)40(42)43(34,44)39(31)42/h28-41,46-51H,3-27H2,1-2H3/t28-,29+,30?,31?,32?,33?,34?,35-,36?,37?,38?,39?,40?,41?,42?,43?,55?/m0/s1. The second-order valence-electron chi connectivity index (χ2n) is 18.8. The van der Waals surface area contributed by atoms with Crippen molar-refractivity contribution in [2.45, 2.75) is 201 Å². The number of nitrogens with zero attached hydrogens (tertiary/aromatic N) is 1. The highest BCUT2D eigenvalue weighted by molar-refractivity contribution is 9.10. The van der Waals surface area contributed by atoms with Crippen LogP contribution in [0.5, 0.6) is 0 Å². The van der Waals surface area contributed by atoms with Crippen LogP contribution in [0.1, 0.15) is 148 Å². The first kappa shape index (κ1) is 44.7. The van der Waals surface area contributed by atoms with Crippen LogP contribution in [-0.4, -0.2) is 113 Å². The van der Waals surface area contributed by atoms with Crippen LogP contribution in [0.4, 0.5) is 0 Å². The summed E-state index contributed by atoms with van der Waals surface area (Å²) in [6.45, 7) is 1.32. The molecule has 7 rings (SSSR count). The SMILES string of the molecule is CCCCCCCCCCCCCC[C@@H](O)[C@@H](O)[C@H](COC1OC(CO)C(O)C(O)C1O)N=S(C)(=O)CCCCCCCCCCC12C3C4C5C3C1C5(Br)C42. The number of alkyl halides is 1. The number of aliphatic hydroxyl groups excluding tert-OH is 6. The number of aliphatic hydroxyl groups is 6. The van der Waals surface area contributed by atoms with Gasteiger partial charge in [-0.1, -0.05) is 145 Å². The van der Waals surface area contributed by atoms with Crippen molar-refractivity contribution >= 4 is 25.7 Å². The third-order valence-electron chi connectivity index (χ3n) is 15.3. The Kier molecular flexibility index (Phi) is 16.0. The Labute approximate surface area is 340 Å². The minimum Gasteiger partial charge on any atom is -0.394 e. The summed E-state index contributed by atoms with van der Waals surface area (Å²) in [6, 6.07) is -1.06. The molecule has 1 heterocycles. The Bertz CT molecular complexity index is 1310. The first-order valence-corrected chi connectivity index (χ1v) is 25.5. The minimum atomic E-state index is -2.74. The maximum atomic E-state index is 13.7. The average molecular weight is 863 g/mol. The van der Waals surface area contributed by atoms with E-state index in [1.807, 2.05) is 0 Å². The molecule has 0 aromatic rings. The number of hydrogen-bond acceptors (Lipinski definition) is 10. The molecular weight excluding hydrogens is 786 g/mol. The lowest BCUT2D eigenvalue weighted by molar-refractivity contribution is -0.595. The van der Waals surface area contributed by atoms with E-state index in [9.17, 15) is 34.8 Å². The van der Waals surface area contributed by atoms with Crippen molar-refractivity contribution in [2.75, 3.05) is 25.2 Å². The normalized spacial score (nSPS) is 40.1. The molecule has 6 saturated carbocycles. The minimum absolute atomic E-state index is 0.327. The molecule has 10 unspecified atom stereocenters. The van der Waals surface area contributed by atoms with Crippen molar-refractivity contribution in [1.82, 2.24) is 0 Å². The first-order valence-electron chi connectivity index (χ1n) is 22.6. The molecule has 0 spiro atoms. The monoisotopic (exact) mass is 861 g/mol. The highest BCUT2D eigenvalue weighted by Gasteiger charge is 3.08. The highest BCUT2D eigenvalue weighted by Crippen LogP contribution is 3.09. The number of halogens is 1.